The smallest absolute Gasteiger partial charge is 0.314 e. The van der Waals surface area contributed by atoms with Gasteiger partial charge in [-0.2, -0.15) is 17.6 Å². The van der Waals surface area contributed by atoms with Crippen molar-refractivity contribution in [1.29, 1.82) is 0 Å². The minimum absolute atomic E-state index is 0.0659. The second-order valence-electron chi connectivity index (χ2n) is 15.3. The Morgan fingerprint density at radius 3 is 1.59 bits per heavy atom. The Hall–Kier alpha value is -8.80. The molecule has 71 heavy (non-hydrogen) atoms. The number of hydrogen-bond donors (Lipinski definition) is 3. The number of aromatic nitrogens is 12. The first-order valence-corrected chi connectivity index (χ1v) is 22.2. The first-order valence-electron chi connectivity index (χ1n) is 21.1. The molecule has 0 aliphatic carbocycles. The molecule has 24 heteroatoms. The Morgan fingerprint density at radius 1 is 0.662 bits per heavy atom. The number of nitrogens with one attached hydrogen (secondary N) is 3. The molecule has 1 amide bonds. The number of nitrogens with zero attached hydrogens (tertiary/aromatic N) is 12. The van der Waals surface area contributed by atoms with E-state index in [9.17, 15) is 27.2 Å². The van der Waals surface area contributed by atoms with Crippen LogP contribution in [0.15, 0.2) is 131 Å². The Morgan fingerprint density at radius 2 is 1.14 bits per heavy atom. The first kappa shape index (κ1) is 48.6. The van der Waals surface area contributed by atoms with Gasteiger partial charge in [-0.3, -0.25) is 9.59 Å². The number of aromatic amines is 1. The molecule has 10 aromatic rings. The predicted molar refractivity (Wildman–Crippen MR) is 257 cm³/mol. The van der Waals surface area contributed by atoms with E-state index in [1.165, 1.54) is 36.6 Å². The van der Waals surface area contributed by atoms with Gasteiger partial charge in [0.05, 0.1) is 51.2 Å². The predicted octanol–water partition coefficient (Wildman–Crippen LogP) is 10.0. The normalized spacial score (nSPS) is 11.0. The summed E-state index contributed by atoms with van der Waals surface area (Å²) in [6.45, 7) is 1.67. The summed E-state index contributed by atoms with van der Waals surface area (Å²) < 4.78 is 62.3. The second-order valence-corrected chi connectivity index (χ2v) is 15.8. The van der Waals surface area contributed by atoms with Gasteiger partial charge in [0, 0.05) is 61.4 Å². The van der Waals surface area contributed by atoms with Gasteiger partial charge in [0.1, 0.15) is 12.3 Å². The lowest BCUT2D eigenvalue weighted by Gasteiger charge is -2.13. The highest BCUT2D eigenvalue weighted by atomic mass is 79.9. The number of likely N-dealkylation sites (N-methyl/N-ethyl adjacent to an activating group) is 1. The monoisotopic (exact) mass is 1030 g/mol. The zero-order valence-electron chi connectivity index (χ0n) is 37.5. The van der Waals surface area contributed by atoms with Crippen molar-refractivity contribution in [1.82, 2.24) is 64.7 Å². The van der Waals surface area contributed by atoms with E-state index in [2.05, 4.69) is 81.8 Å². The number of carbonyl (C=O) groups is 2. The highest BCUT2D eigenvalue weighted by Crippen LogP contribution is 2.34. The van der Waals surface area contributed by atoms with Crippen molar-refractivity contribution >= 4 is 73.0 Å². The van der Waals surface area contributed by atoms with Crippen LogP contribution in [-0.4, -0.2) is 95.9 Å². The Bertz CT molecular complexity index is 3390. The van der Waals surface area contributed by atoms with Gasteiger partial charge < -0.3 is 33.9 Å². The number of ketones is 1. The van der Waals surface area contributed by atoms with Crippen LogP contribution in [0.3, 0.4) is 0 Å². The zero-order chi connectivity index (χ0) is 50.0. The van der Waals surface area contributed by atoms with Crippen LogP contribution in [0, 0.1) is 0 Å². The lowest BCUT2D eigenvalue weighted by molar-refractivity contribution is -0.129. The number of anilines is 4. The van der Waals surface area contributed by atoms with Gasteiger partial charge in [-0.05, 0) is 42.3 Å². The molecule has 0 unspecified atom stereocenters. The van der Waals surface area contributed by atoms with Gasteiger partial charge in [0.15, 0.2) is 0 Å². The number of Topliss-reactive ketones (excluding diaryl/α,β-unsaturated/α-hetero) is 1. The number of H-pyrrole nitrogens is 1. The minimum Gasteiger partial charge on any atom is -0.415 e. The summed E-state index contributed by atoms with van der Waals surface area (Å²) in [5.74, 6) is -0.978. The van der Waals surface area contributed by atoms with Gasteiger partial charge in [-0.25, -0.2) is 29.9 Å². The summed E-state index contributed by atoms with van der Waals surface area (Å²) >= 11 is 2.96. The fraction of sp³-hybridized carbons (Fsp3) is 0.149. The standard InChI is InChI=1S/C24H20F2N8O2.C20H13F2N7O.C3H5BrO/c1-33(2)19(35)12-34-13-29-20-17(14-6-4-3-5-7-14)8-16(9-18(20)34)30-24-27-10-15(11-28-24)22-31-32-23(36-22)21(25)26;21-17(22)19-29-28-18(30-19)12-8-23-20(24-9-12)27-13-6-14(11-4-2-1-3-5-11)16-15(7-13)25-10-26-16;1-3(5)2-4/h3-11,13,21H,12H2,1-2H3,(H,27,28,30);1-10,17H,(H,25,26)(H,23,24,27);2H2,1H3. The molecule has 0 bridgehead atoms. The Kier molecular flexibility index (Phi) is 15.1. The summed E-state index contributed by atoms with van der Waals surface area (Å²) in [6, 6.07) is 27.3. The fourth-order valence-electron chi connectivity index (χ4n) is 6.59. The highest BCUT2D eigenvalue weighted by molar-refractivity contribution is 9.09. The van der Waals surface area contributed by atoms with Crippen molar-refractivity contribution in [3.8, 4) is 45.2 Å². The van der Waals surface area contributed by atoms with Crippen LogP contribution < -0.4 is 10.6 Å². The average molecular weight is 1030 g/mol. The lowest BCUT2D eigenvalue weighted by atomic mass is 10.0. The third-order valence-corrected chi connectivity index (χ3v) is 10.8. The van der Waals surface area contributed by atoms with Gasteiger partial charge in [0.2, 0.25) is 17.8 Å². The number of fused-ring (bicyclic) bond motifs is 2. The molecule has 360 valence electrons. The van der Waals surface area contributed by atoms with Crippen LogP contribution in [0.2, 0.25) is 0 Å². The number of carbonyl (C=O) groups excluding carboxylic acids is 2. The molecule has 3 N–H and O–H groups in total. The van der Waals surface area contributed by atoms with Crippen LogP contribution in [0.1, 0.15) is 31.6 Å². The van der Waals surface area contributed by atoms with Crippen molar-refractivity contribution in [2.24, 2.45) is 0 Å². The van der Waals surface area contributed by atoms with Gasteiger partial charge in [0.25, 0.3) is 23.6 Å². The molecule has 0 fully saturated rings. The van der Waals surface area contributed by atoms with E-state index in [-0.39, 0.29) is 36.0 Å². The summed E-state index contributed by atoms with van der Waals surface area (Å²) in [5.41, 5.74) is 9.12. The fourth-order valence-corrected chi connectivity index (χ4v) is 6.59. The molecule has 19 nitrogen and oxygen atoms in total. The number of halogens is 5. The molecule has 6 heterocycles. The molecule has 0 spiro atoms. The number of rotatable bonds is 13. The van der Waals surface area contributed by atoms with Crippen molar-refractivity contribution in [3.05, 3.63) is 134 Å². The third kappa shape index (κ3) is 11.9. The quantitative estimate of drug-likeness (QED) is 0.0719. The SMILES string of the molecule is CC(=O)CBr.CN(C)C(=O)Cn1cnc2c(-c3ccccc3)cc(Nc3ncc(-c4nnc(C(F)F)o4)cn3)cc21.FC(F)c1nnc(-c2cnc(Nc3cc(-c4ccccc4)c4nc[nH]c4c3)nc2)o1. The molecule has 0 radical (unpaired) electrons. The van der Waals surface area contributed by atoms with Gasteiger partial charge >= 0.3 is 12.9 Å². The molecule has 0 aliphatic rings. The highest BCUT2D eigenvalue weighted by Gasteiger charge is 2.20. The number of alkyl halides is 5. The van der Waals surface area contributed by atoms with Crippen molar-refractivity contribution in [2.75, 3.05) is 30.1 Å². The van der Waals surface area contributed by atoms with Crippen LogP contribution >= 0.6 is 15.9 Å². The molecule has 10 rings (SSSR count). The average Bonchev–Trinajstić information content (AvgIpc) is 4.24. The van der Waals surface area contributed by atoms with E-state index < -0.39 is 24.6 Å². The minimum atomic E-state index is -2.86. The summed E-state index contributed by atoms with van der Waals surface area (Å²) in [6.07, 6.45) is 3.24. The van der Waals surface area contributed by atoms with E-state index in [1.54, 1.807) is 31.3 Å². The molecule has 0 saturated carbocycles. The maximum atomic E-state index is 12.7. The van der Waals surface area contributed by atoms with Crippen LogP contribution in [0.4, 0.5) is 40.8 Å². The molecule has 6 aromatic heterocycles. The molecule has 0 aliphatic heterocycles. The zero-order valence-corrected chi connectivity index (χ0v) is 39.1. The van der Waals surface area contributed by atoms with E-state index in [0.29, 0.717) is 28.1 Å². The van der Waals surface area contributed by atoms with E-state index in [4.69, 9.17) is 8.83 Å². The van der Waals surface area contributed by atoms with E-state index >= 15 is 0 Å². The third-order valence-electron chi connectivity index (χ3n) is 9.98. The number of amides is 1. The summed E-state index contributed by atoms with van der Waals surface area (Å²) in [7, 11) is 3.40. The van der Waals surface area contributed by atoms with Crippen molar-refractivity contribution < 1.29 is 36.0 Å². The maximum absolute atomic E-state index is 12.7. The maximum Gasteiger partial charge on any atom is 0.314 e. The Balaban J connectivity index is 0.000000176. The van der Waals surface area contributed by atoms with E-state index in [1.807, 2.05) is 84.9 Å². The lowest BCUT2D eigenvalue weighted by Crippen LogP contribution is -2.25. The first-order chi connectivity index (χ1) is 34.3. The molecule has 0 saturated heterocycles. The number of imidazole rings is 2. The van der Waals surface area contributed by atoms with Crippen LogP contribution in [0.25, 0.3) is 67.2 Å². The molecular formula is C47H38BrF4N15O4. The van der Waals surface area contributed by atoms with Crippen molar-refractivity contribution in [3.63, 3.8) is 0 Å². The number of benzene rings is 4. The second kappa shape index (κ2) is 22.1. The van der Waals surface area contributed by atoms with Crippen LogP contribution in [0.5, 0.6) is 0 Å². The van der Waals surface area contributed by atoms with E-state index in [0.717, 1.165) is 50.0 Å². The van der Waals surface area contributed by atoms with Crippen molar-refractivity contribution in [2.45, 2.75) is 26.3 Å². The molecule has 4 aromatic carbocycles. The number of hydrogen-bond acceptors (Lipinski definition) is 16. The topological polar surface area (TPSA) is 237 Å². The summed E-state index contributed by atoms with van der Waals surface area (Å²) in [5, 5.41) is 20.6. The largest absolute Gasteiger partial charge is 0.415 e. The van der Waals surface area contributed by atoms with Gasteiger partial charge in [-0.1, -0.05) is 76.6 Å². The summed E-state index contributed by atoms with van der Waals surface area (Å²) in [4.78, 5) is 52.7. The molecule has 0 atom stereocenters. The Labute approximate surface area is 408 Å². The van der Waals surface area contributed by atoms with Gasteiger partial charge in [-0.15, -0.1) is 20.4 Å². The molecular weight excluding hydrogens is 995 g/mol. The van der Waals surface area contributed by atoms with Crippen LogP contribution in [-0.2, 0) is 16.1 Å².